The van der Waals surface area contributed by atoms with Crippen molar-refractivity contribution in [2.45, 2.75) is 25.1 Å². The van der Waals surface area contributed by atoms with Crippen LogP contribution in [0.3, 0.4) is 0 Å². The Balaban J connectivity index is 1.88. The molecule has 11 heteroatoms. The molecular formula is C13H11ClF3N3O4. The lowest BCUT2D eigenvalue weighted by Gasteiger charge is -2.11. The lowest BCUT2D eigenvalue weighted by molar-refractivity contribution is -0.149. The summed E-state index contributed by atoms with van der Waals surface area (Å²) >= 11 is 5.63. The number of pyridine rings is 1. The number of esters is 1. The summed E-state index contributed by atoms with van der Waals surface area (Å²) < 4.78 is 42.1. The van der Waals surface area contributed by atoms with Crippen molar-refractivity contribution in [1.29, 1.82) is 0 Å². The third-order valence-corrected chi connectivity index (χ3v) is 3.34. The number of hydrogen-bond donors (Lipinski definition) is 2. The first-order valence-corrected chi connectivity index (χ1v) is 7.03. The maximum atomic E-state index is 12.5. The first-order valence-electron chi connectivity index (χ1n) is 6.65. The van der Waals surface area contributed by atoms with Gasteiger partial charge in [0.15, 0.2) is 12.4 Å². The highest BCUT2D eigenvalue weighted by Gasteiger charge is 2.32. The quantitative estimate of drug-likeness (QED) is 0.788. The largest absolute Gasteiger partial charge is 0.454 e. The Labute approximate surface area is 138 Å². The number of alkyl halides is 3. The fourth-order valence-electron chi connectivity index (χ4n) is 1.88. The number of aromatic nitrogens is 1. The molecule has 1 aliphatic rings. The Hall–Kier alpha value is -2.36. The number of rotatable bonds is 4. The van der Waals surface area contributed by atoms with E-state index in [2.05, 4.69) is 15.6 Å². The highest BCUT2D eigenvalue weighted by molar-refractivity contribution is 6.33. The SMILES string of the molecule is O=C(COC(=O)[C@H]1CCC(=O)N1)Nc1ncc(C(F)(F)F)cc1Cl. The zero-order valence-corrected chi connectivity index (χ0v) is 12.7. The lowest BCUT2D eigenvalue weighted by atomic mass is 10.2. The van der Waals surface area contributed by atoms with Gasteiger partial charge in [0.25, 0.3) is 5.91 Å². The van der Waals surface area contributed by atoms with Crippen LogP contribution >= 0.6 is 11.6 Å². The van der Waals surface area contributed by atoms with Gasteiger partial charge in [0.1, 0.15) is 6.04 Å². The zero-order chi connectivity index (χ0) is 17.9. The zero-order valence-electron chi connectivity index (χ0n) is 11.9. The molecule has 1 aromatic rings. The number of hydrogen-bond acceptors (Lipinski definition) is 5. The fraction of sp³-hybridized carbons (Fsp3) is 0.385. The van der Waals surface area contributed by atoms with E-state index in [1.165, 1.54) is 0 Å². The van der Waals surface area contributed by atoms with Gasteiger partial charge in [0.05, 0.1) is 10.6 Å². The minimum Gasteiger partial charge on any atom is -0.454 e. The number of carbonyl (C=O) groups is 3. The Morgan fingerprint density at radius 3 is 2.71 bits per heavy atom. The molecule has 1 saturated heterocycles. The Bertz CT molecular complexity index is 681. The molecule has 0 unspecified atom stereocenters. The van der Waals surface area contributed by atoms with Gasteiger partial charge in [-0.15, -0.1) is 0 Å². The molecule has 1 aliphatic heterocycles. The van der Waals surface area contributed by atoms with E-state index < -0.39 is 41.3 Å². The molecule has 2 rings (SSSR count). The molecule has 1 aromatic heterocycles. The number of carbonyl (C=O) groups excluding carboxylic acids is 3. The molecule has 2 N–H and O–H groups in total. The van der Waals surface area contributed by atoms with E-state index in [0.717, 1.165) is 0 Å². The summed E-state index contributed by atoms with van der Waals surface area (Å²) in [5.41, 5.74) is -1.06. The second-order valence-electron chi connectivity index (χ2n) is 4.87. The molecule has 0 saturated carbocycles. The maximum Gasteiger partial charge on any atom is 0.417 e. The van der Waals surface area contributed by atoms with E-state index in [4.69, 9.17) is 16.3 Å². The molecule has 1 fully saturated rings. The van der Waals surface area contributed by atoms with E-state index in [0.29, 0.717) is 12.3 Å². The monoisotopic (exact) mass is 365 g/mol. The smallest absolute Gasteiger partial charge is 0.417 e. The summed E-state index contributed by atoms with van der Waals surface area (Å²) in [7, 11) is 0. The van der Waals surface area contributed by atoms with Crippen molar-refractivity contribution in [2.24, 2.45) is 0 Å². The molecule has 7 nitrogen and oxygen atoms in total. The lowest BCUT2D eigenvalue weighted by Crippen LogP contribution is -2.36. The van der Waals surface area contributed by atoms with Crippen molar-refractivity contribution in [1.82, 2.24) is 10.3 Å². The number of nitrogens with zero attached hydrogens (tertiary/aromatic N) is 1. The topological polar surface area (TPSA) is 97.4 Å². The van der Waals surface area contributed by atoms with Crippen LogP contribution in [0.5, 0.6) is 0 Å². The van der Waals surface area contributed by atoms with Gasteiger partial charge in [0.2, 0.25) is 5.91 Å². The third kappa shape index (κ3) is 4.57. The van der Waals surface area contributed by atoms with Crippen molar-refractivity contribution in [3.8, 4) is 0 Å². The summed E-state index contributed by atoms with van der Waals surface area (Å²) in [6.45, 7) is -0.690. The van der Waals surface area contributed by atoms with Crippen LogP contribution in [-0.4, -0.2) is 35.4 Å². The van der Waals surface area contributed by atoms with Crippen molar-refractivity contribution in [3.05, 3.63) is 22.8 Å². The Kier molecular flexibility index (Phi) is 5.27. The van der Waals surface area contributed by atoms with Crippen LogP contribution in [-0.2, 0) is 25.3 Å². The van der Waals surface area contributed by atoms with E-state index in [1.807, 2.05) is 0 Å². The summed E-state index contributed by atoms with van der Waals surface area (Å²) in [6, 6.07) is -0.192. The molecule has 2 amide bonds. The first kappa shape index (κ1) is 18.0. The van der Waals surface area contributed by atoms with Crippen LogP contribution < -0.4 is 10.6 Å². The van der Waals surface area contributed by atoms with Gasteiger partial charge in [-0.1, -0.05) is 11.6 Å². The highest BCUT2D eigenvalue weighted by Crippen LogP contribution is 2.32. The molecule has 0 bridgehead atoms. The minimum atomic E-state index is -4.61. The fourth-order valence-corrected chi connectivity index (χ4v) is 2.09. The van der Waals surface area contributed by atoms with Crippen molar-refractivity contribution >= 4 is 35.2 Å². The van der Waals surface area contributed by atoms with Crippen molar-refractivity contribution in [2.75, 3.05) is 11.9 Å². The average molecular weight is 366 g/mol. The van der Waals surface area contributed by atoms with Gasteiger partial charge in [-0.05, 0) is 12.5 Å². The van der Waals surface area contributed by atoms with Crippen LogP contribution in [0.1, 0.15) is 18.4 Å². The maximum absolute atomic E-state index is 12.5. The average Bonchev–Trinajstić information content (AvgIpc) is 2.92. The Morgan fingerprint density at radius 1 is 1.46 bits per heavy atom. The van der Waals surface area contributed by atoms with Gasteiger partial charge >= 0.3 is 12.1 Å². The summed E-state index contributed by atoms with van der Waals surface area (Å²) in [5, 5.41) is 4.09. The van der Waals surface area contributed by atoms with Gasteiger partial charge in [-0.2, -0.15) is 13.2 Å². The van der Waals surface area contributed by atoms with E-state index in [9.17, 15) is 27.6 Å². The van der Waals surface area contributed by atoms with E-state index in [-0.39, 0.29) is 24.6 Å². The molecule has 0 aromatic carbocycles. The van der Waals surface area contributed by atoms with Gasteiger partial charge in [-0.25, -0.2) is 9.78 Å². The highest BCUT2D eigenvalue weighted by atomic mass is 35.5. The van der Waals surface area contributed by atoms with Gasteiger partial charge < -0.3 is 15.4 Å². The van der Waals surface area contributed by atoms with Crippen LogP contribution in [0, 0.1) is 0 Å². The van der Waals surface area contributed by atoms with Gasteiger partial charge in [-0.3, -0.25) is 9.59 Å². The van der Waals surface area contributed by atoms with Crippen LogP contribution in [0.4, 0.5) is 19.0 Å². The standard InChI is InChI=1S/C13H11ClF3N3O4/c14-7-3-6(13(15,16)17)4-18-11(7)20-10(22)5-24-12(23)8-1-2-9(21)19-8/h3-4,8H,1-2,5H2,(H,19,21)(H,18,20,22)/t8-/m1/s1. The van der Waals surface area contributed by atoms with Crippen LogP contribution in [0.25, 0.3) is 0 Å². The second-order valence-corrected chi connectivity index (χ2v) is 5.27. The first-order chi connectivity index (χ1) is 11.2. The normalized spacial score (nSPS) is 17.3. The van der Waals surface area contributed by atoms with E-state index in [1.54, 1.807) is 0 Å². The number of amides is 2. The van der Waals surface area contributed by atoms with Crippen molar-refractivity contribution < 1.29 is 32.3 Å². The number of nitrogens with one attached hydrogen (secondary N) is 2. The molecule has 0 radical (unpaired) electrons. The molecule has 130 valence electrons. The van der Waals surface area contributed by atoms with Gasteiger partial charge in [0, 0.05) is 12.6 Å². The predicted molar refractivity (Wildman–Crippen MR) is 75.0 cm³/mol. The molecule has 2 heterocycles. The van der Waals surface area contributed by atoms with Crippen LogP contribution in [0.2, 0.25) is 5.02 Å². The number of ether oxygens (including phenoxy) is 1. The molecular weight excluding hydrogens is 355 g/mol. The third-order valence-electron chi connectivity index (χ3n) is 3.05. The number of halogens is 4. The predicted octanol–water partition coefficient (Wildman–Crippen LogP) is 1.51. The summed E-state index contributed by atoms with van der Waals surface area (Å²) in [5.74, 6) is -2.19. The molecule has 0 aliphatic carbocycles. The van der Waals surface area contributed by atoms with Crippen molar-refractivity contribution in [3.63, 3.8) is 0 Å². The Morgan fingerprint density at radius 2 is 2.17 bits per heavy atom. The second kappa shape index (κ2) is 7.04. The minimum absolute atomic E-state index is 0.192. The molecule has 24 heavy (non-hydrogen) atoms. The summed E-state index contributed by atoms with van der Waals surface area (Å²) in [6.07, 6.45) is -3.63. The molecule has 1 atom stereocenters. The number of anilines is 1. The molecule has 0 spiro atoms. The van der Waals surface area contributed by atoms with Crippen LogP contribution in [0.15, 0.2) is 12.3 Å². The van der Waals surface area contributed by atoms with E-state index >= 15 is 0 Å². The summed E-state index contributed by atoms with van der Waals surface area (Å²) in [4.78, 5) is 37.6.